The van der Waals surface area contributed by atoms with Crippen molar-refractivity contribution in [3.05, 3.63) is 70.8 Å². The summed E-state index contributed by atoms with van der Waals surface area (Å²) in [4.78, 5) is 26.2. The van der Waals surface area contributed by atoms with E-state index in [-0.39, 0.29) is 29.9 Å². The van der Waals surface area contributed by atoms with Crippen molar-refractivity contribution in [1.82, 2.24) is 14.3 Å². The van der Waals surface area contributed by atoms with Crippen molar-refractivity contribution in [2.75, 3.05) is 20.7 Å². The van der Waals surface area contributed by atoms with Crippen LogP contribution in [0.4, 0.5) is 26.3 Å². The Labute approximate surface area is 232 Å². The quantitative estimate of drug-likeness (QED) is 0.250. The Morgan fingerprint density at radius 2 is 1.61 bits per heavy atom. The fraction of sp³-hybridized carbons (Fsp3) is 0.385. The van der Waals surface area contributed by atoms with Gasteiger partial charge < -0.3 is 10.1 Å². The van der Waals surface area contributed by atoms with Crippen LogP contribution in [0.1, 0.15) is 36.0 Å². The molecule has 0 saturated heterocycles. The van der Waals surface area contributed by atoms with Crippen LogP contribution in [0.15, 0.2) is 54.1 Å². The lowest BCUT2D eigenvalue weighted by molar-refractivity contribution is -0.201. The highest BCUT2D eigenvalue weighted by Crippen LogP contribution is 2.48. The predicted octanol–water partition coefficient (Wildman–Crippen LogP) is 4.37. The standard InChI is InChI=1S/C26H27F6N3O5S/c1-16-5-7-17(8-6-16)20-15-24(26(30,31)32,33-22(36)21(20)23(37)34-41(38,39)35(2)3)18-9-11-19(12-10-18)40-14-4-13-25(27,28)29/h5-12H,4,13-15H2,1-3H3,(H,33,36)(H,34,37). The minimum Gasteiger partial charge on any atom is -0.494 e. The third-order valence-electron chi connectivity index (χ3n) is 6.33. The molecular formula is C26H27F6N3O5S. The molecule has 2 aromatic carbocycles. The average molecular weight is 608 g/mol. The van der Waals surface area contributed by atoms with Gasteiger partial charge in [-0.15, -0.1) is 0 Å². The Morgan fingerprint density at radius 3 is 2.12 bits per heavy atom. The molecule has 15 heteroatoms. The third kappa shape index (κ3) is 7.38. The van der Waals surface area contributed by atoms with Gasteiger partial charge in [0.25, 0.3) is 11.8 Å². The van der Waals surface area contributed by atoms with Crippen LogP contribution in [-0.4, -0.2) is 57.6 Å². The van der Waals surface area contributed by atoms with E-state index in [1.54, 1.807) is 23.8 Å². The molecule has 2 amide bonds. The summed E-state index contributed by atoms with van der Waals surface area (Å²) in [6.45, 7) is 1.39. The van der Waals surface area contributed by atoms with Gasteiger partial charge in [-0.1, -0.05) is 42.0 Å². The molecule has 3 rings (SSSR count). The van der Waals surface area contributed by atoms with E-state index in [9.17, 15) is 44.3 Å². The minimum absolute atomic E-state index is 0.0126. The number of ether oxygens (including phenoxy) is 1. The van der Waals surface area contributed by atoms with Gasteiger partial charge in [0, 0.05) is 26.9 Å². The summed E-state index contributed by atoms with van der Waals surface area (Å²) in [5.41, 5.74) is -3.79. The first kappa shape index (κ1) is 31.9. The second-order valence-electron chi connectivity index (χ2n) is 9.56. The molecule has 41 heavy (non-hydrogen) atoms. The number of aryl methyl sites for hydroxylation is 1. The molecule has 2 aromatic rings. The molecule has 0 radical (unpaired) electrons. The number of rotatable bonds is 9. The second kappa shape index (κ2) is 11.7. The average Bonchev–Trinajstić information content (AvgIpc) is 2.85. The smallest absolute Gasteiger partial charge is 0.416 e. The number of halogens is 6. The summed E-state index contributed by atoms with van der Waals surface area (Å²) in [5, 5.41) is 1.87. The highest BCUT2D eigenvalue weighted by Gasteiger charge is 2.60. The van der Waals surface area contributed by atoms with Gasteiger partial charge in [0.15, 0.2) is 5.54 Å². The van der Waals surface area contributed by atoms with Crippen LogP contribution in [0.3, 0.4) is 0 Å². The van der Waals surface area contributed by atoms with Crippen LogP contribution >= 0.6 is 0 Å². The van der Waals surface area contributed by atoms with Crippen molar-refractivity contribution in [1.29, 1.82) is 0 Å². The molecular weight excluding hydrogens is 580 g/mol. The van der Waals surface area contributed by atoms with Crippen LogP contribution in [0, 0.1) is 6.92 Å². The number of alkyl halides is 6. The number of carbonyl (C=O) groups excluding carboxylic acids is 2. The fourth-order valence-electron chi connectivity index (χ4n) is 4.10. The summed E-state index contributed by atoms with van der Waals surface area (Å²) in [5.74, 6) is -2.85. The number of amides is 2. The SMILES string of the molecule is Cc1ccc(C2=C(C(=O)NS(=O)(=O)N(C)C)C(=O)NC(c3ccc(OCCCC(F)(F)F)cc3)(C(F)(F)F)C2)cc1. The summed E-state index contributed by atoms with van der Waals surface area (Å²) >= 11 is 0. The van der Waals surface area contributed by atoms with Crippen molar-refractivity contribution in [3.8, 4) is 5.75 Å². The van der Waals surface area contributed by atoms with Crippen molar-refractivity contribution in [2.24, 2.45) is 0 Å². The first-order valence-corrected chi connectivity index (χ1v) is 13.5. The summed E-state index contributed by atoms with van der Waals surface area (Å²) in [7, 11) is -2.16. The normalized spacial score (nSPS) is 18.3. The third-order valence-corrected chi connectivity index (χ3v) is 7.74. The van der Waals surface area contributed by atoms with Gasteiger partial charge in [0.2, 0.25) is 0 Å². The van der Waals surface area contributed by atoms with E-state index in [1.807, 2.05) is 5.32 Å². The molecule has 8 nitrogen and oxygen atoms in total. The summed E-state index contributed by atoms with van der Waals surface area (Å²) < 4.78 is 113. The molecule has 2 N–H and O–H groups in total. The van der Waals surface area contributed by atoms with Crippen LogP contribution in [0.5, 0.6) is 5.75 Å². The Hall–Kier alpha value is -3.59. The molecule has 0 saturated carbocycles. The molecule has 0 aromatic heterocycles. The lowest BCUT2D eigenvalue weighted by Crippen LogP contribution is -2.60. The largest absolute Gasteiger partial charge is 0.494 e. The number of benzene rings is 2. The summed E-state index contributed by atoms with van der Waals surface area (Å²) in [6, 6.07) is 10.2. The number of carbonyl (C=O) groups is 2. The van der Waals surface area contributed by atoms with E-state index in [0.717, 1.165) is 43.9 Å². The van der Waals surface area contributed by atoms with Crippen LogP contribution in [-0.2, 0) is 25.3 Å². The number of hydrogen-bond acceptors (Lipinski definition) is 5. The van der Waals surface area contributed by atoms with Gasteiger partial charge in [-0.05, 0) is 42.2 Å². The molecule has 0 spiro atoms. The lowest BCUT2D eigenvalue weighted by Gasteiger charge is -2.41. The zero-order chi connectivity index (χ0) is 30.8. The first-order chi connectivity index (χ1) is 18.9. The van der Waals surface area contributed by atoms with E-state index in [4.69, 9.17) is 4.74 Å². The van der Waals surface area contributed by atoms with E-state index < -0.39 is 63.9 Å². The molecule has 0 bridgehead atoms. The molecule has 224 valence electrons. The van der Waals surface area contributed by atoms with Crippen molar-refractivity contribution < 1.29 is 49.1 Å². The molecule has 1 aliphatic heterocycles. The maximum absolute atomic E-state index is 14.8. The van der Waals surface area contributed by atoms with Crippen LogP contribution < -0.4 is 14.8 Å². The Kier molecular flexibility index (Phi) is 9.13. The van der Waals surface area contributed by atoms with Crippen LogP contribution in [0.2, 0.25) is 0 Å². The highest BCUT2D eigenvalue weighted by atomic mass is 32.2. The van der Waals surface area contributed by atoms with Crippen molar-refractivity contribution in [3.63, 3.8) is 0 Å². The van der Waals surface area contributed by atoms with Crippen LogP contribution in [0.25, 0.3) is 5.57 Å². The summed E-state index contributed by atoms with van der Waals surface area (Å²) in [6.07, 6.45) is -11.9. The molecule has 0 fully saturated rings. The van der Waals surface area contributed by atoms with Gasteiger partial charge in [0.05, 0.1) is 6.61 Å². The first-order valence-electron chi connectivity index (χ1n) is 12.1. The number of nitrogens with one attached hydrogen (secondary N) is 2. The van der Waals surface area contributed by atoms with E-state index in [1.165, 1.54) is 12.1 Å². The predicted molar refractivity (Wildman–Crippen MR) is 137 cm³/mol. The van der Waals surface area contributed by atoms with Gasteiger partial charge >= 0.3 is 22.6 Å². The topological polar surface area (TPSA) is 105 Å². The molecule has 0 aliphatic carbocycles. The second-order valence-corrected chi connectivity index (χ2v) is 11.4. The Morgan fingerprint density at radius 1 is 1.02 bits per heavy atom. The lowest BCUT2D eigenvalue weighted by atomic mass is 9.76. The molecule has 1 aliphatic rings. The van der Waals surface area contributed by atoms with E-state index in [0.29, 0.717) is 4.31 Å². The van der Waals surface area contributed by atoms with Gasteiger partial charge in [-0.2, -0.15) is 39.1 Å². The maximum Gasteiger partial charge on any atom is 0.416 e. The molecule has 1 heterocycles. The van der Waals surface area contributed by atoms with Crippen molar-refractivity contribution >= 4 is 27.6 Å². The Bertz CT molecular complexity index is 1420. The zero-order valence-corrected chi connectivity index (χ0v) is 22.9. The van der Waals surface area contributed by atoms with E-state index in [2.05, 4.69) is 0 Å². The fourth-order valence-corrected chi connectivity index (χ4v) is 4.62. The monoisotopic (exact) mass is 607 g/mol. The van der Waals surface area contributed by atoms with Gasteiger partial charge in [-0.25, -0.2) is 4.72 Å². The zero-order valence-electron chi connectivity index (χ0n) is 22.1. The maximum atomic E-state index is 14.8. The number of nitrogens with zero attached hydrogens (tertiary/aromatic N) is 1. The highest BCUT2D eigenvalue weighted by molar-refractivity contribution is 7.87. The molecule has 1 unspecified atom stereocenters. The molecule has 1 atom stereocenters. The van der Waals surface area contributed by atoms with E-state index >= 15 is 0 Å². The van der Waals surface area contributed by atoms with Crippen molar-refractivity contribution in [2.45, 2.75) is 44.1 Å². The minimum atomic E-state index is -5.11. The number of hydrogen-bond donors (Lipinski definition) is 2. The Balaban J connectivity index is 2.06. The van der Waals surface area contributed by atoms with Gasteiger partial charge in [-0.3, -0.25) is 9.59 Å². The van der Waals surface area contributed by atoms with Gasteiger partial charge in [0.1, 0.15) is 11.3 Å².